The van der Waals surface area contributed by atoms with Crippen molar-refractivity contribution < 1.29 is 4.79 Å². The molecule has 4 nitrogen and oxygen atoms in total. The molecule has 0 aliphatic heterocycles. The van der Waals surface area contributed by atoms with Gasteiger partial charge in [-0.3, -0.25) is 4.79 Å². The molecule has 3 aromatic rings. The molecule has 0 atom stereocenters. The fourth-order valence-corrected chi connectivity index (χ4v) is 2.60. The quantitative estimate of drug-likeness (QED) is 0.804. The molecular formula is C18H19N3O. The SMILES string of the molecule is Cc1ccc(NC(=O)Cc2cn3cccc(C)c3n2)c(C)c1. The number of pyridine rings is 1. The maximum absolute atomic E-state index is 12.2. The Morgan fingerprint density at radius 1 is 1.18 bits per heavy atom. The number of amides is 1. The summed E-state index contributed by atoms with van der Waals surface area (Å²) in [5.74, 6) is -0.0481. The zero-order chi connectivity index (χ0) is 15.7. The van der Waals surface area contributed by atoms with Gasteiger partial charge in [0.05, 0.1) is 12.1 Å². The summed E-state index contributed by atoms with van der Waals surface area (Å²) in [5.41, 5.74) is 5.89. The Bertz CT molecular complexity index is 849. The Balaban J connectivity index is 1.77. The lowest BCUT2D eigenvalue weighted by Gasteiger charge is -2.08. The molecule has 112 valence electrons. The first-order valence-corrected chi connectivity index (χ1v) is 7.33. The topological polar surface area (TPSA) is 46.4 Å². The number of imidazole rings is 1. The highest BCUT2D eigenvalue weighted by molar-refractivity contribution is 5.92. The van der Waals surface area contributed by atoms with E-state index >= 15 is 0 Å². The Morgan fingerprint density at radius 3 is 2.73 bits per heavy atom. The lowest BCUT2D eigenvalue weighted by Crippen LogP contribution is -2.15. The molecular weight excluding hydrogens is 274 g/mol. The minimum Gasteiger partial charge on any atom is -0.326 e. The number of hydrogen-bond donors (Lipinski definition) is 1. The molecule has 0 fully saturated rings. The van der Waals surface area contributed by atoms with Gasteiger partial charge in [0.1, 0.15) is 5.65 Å². The van der Waals surface area contributed by atoms with Crippen molar-refractivity contribution in [3.63, 3.8) is 0 Å². The first kappa shape index (κ1) is 14.3. The zero-order valence-electron chi connectivity index (χ0n) is 13.1. The minimum atomic E-state index is -0.0481. The van der Waals surface area contributed by atoms with Gasteiger partial charge in [-0.05, 0) is 44.0 Å². The van der Waals surface area contributed by atoms with Gasteiger partial charge in [0.25, 0.3) is 0 Å². The number of aromatic nitrogens is 2. The molecule has 0 unspecified atom stereocenters. The van der Waals surface area contributed by atoms with Crippen molar-refractivity contribution in [1.29, 1.82) is 0 Å². The highest BCUT2D eigenvalue weighted by Gasteiger charge is 2.10. The number of carbonyl (C=O) groups excluding carboxylic acids is 1. The van der Waals surface area contributed by atoms with Crippen LogP contribution in [-0.4, -0.2) is 15.3 Å². The van der Waals surface area contributed by atoms with E-state index < -0.39 is 0 Å². The summed E-state index contributed by atoms with van der Waals surface area (Å²) in [6, 6.07) is 9.99. The Labute approximate surface area is 129 Å². The largest absolute Gasteiger partial charge is 0.326 e. The molecule has 3 rings (SSSR count). The van der Waals surface area contributed by atoms with E-state index in [0.29, 0.717) is 0 Å². The number of anilines is 1. The molecule has 1 amide bonds. The summed E-state index contributed by atoms with van der Waals surface area (Å²) in [7, 11) is 0. The van der Waals surface area contributed by atoms with Gasteiger partial charge >= 0.3 is 0 Å². The van der Waals surface area contributed by atoms with Crippen molar-refractivity contribution in [2.45, 2.75) is 27.2 Å². The number of fused-ring (bicyclic) bond motifs is 1. The van der Waals surface area contributed by atoms with Gasteiger partial charge in [0, 0.05) is 18.1 Å². The molecule has 22 heavy (non-hydrogen) atoms. The third kappa shape index (κ3) is 2.86. The lowest BCUT2D eigenvalue weighted by molar-refractivity contribution is -0.115. The van der Waals surface area contributed by atoms with E-state index in [-0.39, 0.29) is 12.3 Å². The predicted molar refractivity (Wildman–Crippen MR) is 88.2 cm³/mol. The van der Waals surface area contributed by atoms with Crippen LogP contribution in [0.25, 0.3) is 5.65 Å². The van der Waals surface area contributed by atoms with Crippen molar-refractivity contribution >= 4 is 17.2 Å². The van der Waals surface area contributed by atoms with Crippen LogP contribution < -0.4 is 5.32 Å². The van der Waals surface area contributed by atoms with Crippen molar-refractivity contribution in [3.8, 4) is 0 Å². The van der Waals surface area contributed by atoms with E-state index in [1.165, 1.54) is 5.56 Å². The average Bonchev–Trinajstić information content (AvgIpc) is 2.86. The van der Waals surface area contributed by atoms with Crippen LogP contribution in [0, 0.1) is 20.8 Å². The molecule has 0 saturated heterocycles. The van der Waals surface area contributed by atoms with Gasteiger partial charge in [-0.25, -0.2) is 4.98 Å². The number of nitrogens with one attached hydrogen (secondary N) is 1. The Morgan fingerprint density at radius 2 is 2.00 bits per heavy atom. The van der Waals surface area contributed by atoms with Gasteiger partial charge in [0.15, 0.2) is 0 Å². The first-order chi connectivity index (χ1) is 10.5. The van der Waals surface area contributed by atoms with Crippen molar-refractivity contribution in [2.75, 3.05) is 5.32 Å². The Kier molecular flexibility index (Phi) is 3.67. The van der Waals surface area contributed by atoms with Crippen LogP contribution in [0.2, 0.25) is 0 Å². The summed E-state index contributed by atoms with van der Waals surface area (Å²) in [5, 5.41) is 2.96. The minimum absolute atomic E-state index is 0.0481. The number of hydrogen-bond acceptors (Lipinski definition) is 2. The van der Waals surface area contributed by atoms with Crippen LogP contribution in [0.1, 0.15) is 22.4 Å². The molecule has 2 heterocycles. The number of carbonyl (C=O) groups is 1. The molecule has 0 saturated carbocycles. The number of aryl methyl sites for hydroxylation is 3. The molecule has 1 N–H and O–H groups in total. The second kappa shape index (κ2) is 5.64. The van der Waals surface area contributed by atoms with Gasteiger partial charge in [-0.2, -0.15) is 0 Å². The second-order valence-corrected chi connectivity index (χ2v) is 5.70. The van der Waals surface area contributed by atoms with Crippen LogP contribution in [-0.2, 0) is 11.2 Å². The maximum Gasteiger partial charge on any atom is 0.230 e. The highest BCUT2D eigenvalue weighted by atomic mass is 16.1. The molecule has 0 aliphatic carbocycles. The third-order valence-corrected chi connectivity index (χ3v) is 3.73. The highest BCUT2D eigenvalue weighted by Crippen LogP contribution is 2.17. The van der Waals surface area contributed by atoms with E-state index in [0.717, 1.165) is 28.2 Å². The normalized spacial score (nSPS) is 10.9. The maximum atomic E-state index is 12.2. The summed E-state index contributed by atoms with van der Waals surface area (Å²) in [6.07, 6.45) is 4.12. The van der Waals surface area contributed by atoms with Crippen molar-refractivity contribution in [3.05, 3.63) is 65.1 Å². The number of nitrogens with zero attached hydrogens (tertiary/aromatic N) is 2. The molecule has 0 aliphatic rings. The van der Waals surface area contributed by atoms with Gasteiger partial charge in [-0.15, -0.1) is 0 Å². The van der Waals surface area contributed by atoms with Gasteiger partial charge in [-0.1, -0.05) is 23.8 Å². The number of benzene rings is 1. The van der Waals surface area contributed by atoms with E-state index in [1.807, 2.05) is 61.8 Å². The van der Waals surface area contributed by atoms with Crippen LogP contribution in [0.3, 0.4) is 0 Å². The summed E-state index contributed by atoms with van der Waals surface area (Å²) in [6.45, 7) is 6.05. The summed E-state index contributed by atoms with van der Waals surface area (Å²) < 4.78 is 1.95. The van der Waals surface area contributed by atoms with E-state index in [2.05, 4.69) is 16.4 Å². The van der Waals surface area contributed by atoms with Crippen LogP contribution in [0.4, 0.5) is 5.69 Å². The predicted octanol–water partition coefficient (Wildman–Crippen LogP) is 3.44. The third-order valence-electron chi connectivity index (χ3n) is 3.73. The molecule has 0 bridgehead atoms. The van der Waals surface area contributed by atoms with Gasteiger partial charge < -0.3 is 9.72 Å². The molecule has 1 aromatic carbocycles. The molecule has 0 spiro atoms. The molecule has 2 aromatic heterocycles. The van der Waals surface area contributed by atoms with Crippen LogP contribution in [0.15, 0.2) is 42.7 Å². The standard InChI is InChI=1S/C18H19N3O/c1-12-6-7-16(14(3)9-12)20-17(22)10-15-11-21-8-4-5-13(2)18(21)19-15/h4-9,11H,10H2,1-3H3,(H,20,22). The summed E-state index contributed by atoms with van der Waals surface area (Å²) in [4.78, 5) is 16.8. The zero-order valence-corrected chi connectivity index (χ0v) is 13.1. The van der Waals surface area contributed by atoms with E-state index in [1.54, 1.807) is 0 Å². The van der Waals surface area contributed by atoms with Gasteiger partial charge in [0.2, 0.25) is 5.91 Å². The fraction of sp³-hybridized carbons (Fsp3) is 0.222. The average molecular weight is 293 g/mol. The second-order valence-electron chi connectivity index (χ2n) is 5.70. The summed E-state index contributed by atoms with van der Waals surface area (Å²) >= 11 is 0. The fourth-order valence-electron chi connectivity index (χ4n) is 2.60. The number of rotatable bonds is 3. The monoisotopic (exact) mass is 293 g/mol. The van der Waals surface area contributed by atoms with E-state index in [9.17, 15) is 4.79 Å². The van der Waals surface area contributed by atoms with Crippen molar-refractivity contribution in [2.24, 2.45) is 0 Å². The van der Waals surface area contributed by atoms with Crippen molar-refractivity contribution in [1.82, 2.24) is 9.38 Å². The first-order valence-electron chi connectivity index (χ1n) is 7.33. The van der Waals surface area contributed by atoms with Crippen LogP contribution >= 0.6 is 0 Å². The molecule has 0 radical (unpaired) electrons. The Hall–Kier alpha value is -2.62. The van der Waals surface area contributed by atoms with E-state index in [4.69, 9.17) is 0 Å². The molecule has 4 heteroatoms. The van der Waals surface area contributed by atoms with Crippen LogP contribution in [0.5, 0.6) is 0 Å². The smallest absolute Gasteiger partial charge is 0.230 e. The lowest BCUT2D eigenvalue weighted by atomic mass is 10.1.